The third kappa shape index (κ3) is 3.21. The van der Waals surface area contributed by atoms with Crippen molar-refractivity contribution in [1.82, 2.24) is 0 Å². The molecule has 0 saturated carbocycles. The molecule has 1 aliphatic rings. The number of nitrogens with zero attached hydrogens (tertiary/aromatic N) is 1. The molecule has 1 heterocycles. The number of hydrogen-bond acceptors (Lipinski definition) is 4. The molecule has 27 heavy (non-hydrogen) atoms. The molecule has 1 atom stereocenters. The molecule has 1 aliphatic heterocycles. The molecule has 5 heteroatoms. The van der Waals surface area contributed by atoms with Crippen molar-refractivity contribution < 1.29 is 19.4 Å². The van der Waals surface area contributed by atoms with Gasteiger partial charge in [-0.2, -0.15) is 0 Å². The molecule has 0 aliphatic carbocycles. The average molecular weight is 365 g/mol. The summed E-state index contributed by atoms with van der Waals surface area (Å²) in [5.41, 5.74) is 3.40. The van der Waals surface area contributed by atoms with Crippen molar-refractivity contribution in [2.45, 2.75) is 33.2 Å². The van der Waals surface area contributed by atoms with Crippen molar-refractivity contribution in [3.63, 3.8) is 0 Å². The van der Waals surface area contributed by atoms with E-state index in [4.69, 9.17) is 4.74 Å². The molecular formula is C22H23NO4. The van der Waals surface area contributed by atoms with Gasteiger partial charge in [-0.05, 0) is 43.2 Å². The minimum absolute atomic E-state index is 0.117. The Morgan fingerprint density at radius 2 is 1.78 bits per heavy atom. The van der Waals surface area contributed by atoms with Gasteiger partial charge in [0.1, 0.15) is 5.75 Å². The zero-order valence-corrected chi connectivity index (χ0v) is 15.9. The Balaban J connectivity index is 2.26. The van der Waals surface area contributed by atoms with E-state index in [0.717, 1.165) is 11.1 Å². The molecule has 1 unspecified atom stereocenters. The van der Waals surface area contributed by atoms with Gasteiger partial charge in [-0.25, -0.2) is 0 Å². The first-order valence-corrected chi connectivity index (χ1v) is 8.90. The monoisotopic (exact) mass is 365 g/mol. The predicted molar refractivity (Wildman–Crippen MR) is 104 cm³/mol. The number of hydrogen-bond donors (Lipinski definition) is 1. The van der Waals surface area contributed by atoms with Crippen molar-refractivity contribution in [2.75, 3.05) is 12.0 Å². The first-order valence-electron chi connectivity index (χ1n) is 8.90. The van der Waals surface area contributed by atoms with E-state index in [1.54, 1.807) is 20.1 Å². The second-order valence-electron chi connectivity index (χ2n) is 6.70. The third-order valence-corrected chi connectivity index (χ3v) is 4.75. The fraction of sp³-hybridized carbons (Fsp3) is 0.273. The Labute approximate surface area is 158 Å². The van der Waals surface area contributed by atoms with Gasteiger partial charge in [-0.3, -0.25) is 14.5 Å². The number of benzene rings is 2. The highest BCUT2D eigenvalue weighted by Crippen LogP contribution is 2.44. The molecule has 0 radical (unpaired) electrons. The quantitative estimate of drug-likeness (QED) is 0.863. The summed E-state index contributed by atoms with van der Waals surface area (Å²) in [6.07, 6.45) is 0.193. The molecule has 1 amide bonds. The normalized spacial score (nSPS) is 16.8. The molecule has 2 aromatic rings. The summed E-state index contributed by atoms with van der Waals surface area (Å²) >= 11 is 0. The zero-order chi connectivity index (χ0) is 19.7. The molecule has 3 rings (SSSR count). The number of aliphatic hydroxyl groups excluding tert-OH is 1. The average Bonchev–Trinajstić information content (AvgIpc) is 2.91. The molecule has 2 aromatic carbocycles. The molecule has 0 fully saturated rings. The van der Waals surface area contributed by atoms with Crippen LogP contribution in [0.15, 0.2) is 53.8 Å². The van der Waals surface area contributed by atoms with E-state index in [1.165, 1.54) is 4.90 Å². The molecule has 0 bridgehead atoms. The fourth-order valence-corrected chi connectivity index (χ4v) is 3.62. The van der Waals surface area contributed by atoms with Crippen molar-refractivity contribution in [3.05, 3.63) is 70.5 Å². The van der Waals surface area contributed by atoms with Crippen LogP contribution in [0.2, 0.25) is 0 Å². The summed E-state index contributed by atoms with van der Waals surface area (Å²) in [5.74, 6) is -0.769. The van der Waals surface area contributed by atoms with Gasteiger partial charge in [-0.1, -0.05) is 31.2 Å². The minimum atomic E-state index is -0.734. The SMILES string of the molecule is CCC(=O)C1=C(O)C(=O)N(c2cc(C)cc(C)c2)C1c1ccccc1OC. The number of methoxy groups -OCH3 is 1. The summed E-state index contributed by atoms with van der Waals surface area (Å²) < 4.78 is 5.47. The van der Waals surface area contributed by atoms with Gasteiger partial charge >= 0.3 is 0 Å². The predicted octanol–water partition coefficient (Wildman–Crippen LogP) is 4.19. The highest BCUT2D eigenvalue weighted by Gasteiger charge is 2.44. The van der Waals surface area contributed by atoms with E-state index in [0.29, 0.717) is 17.0 Å². The van der Waals surface area contributed by atoms with Crippen molar-refractivity contribution in [3.8, 4) is 5.75 Å². The molecular weight excluding hydrogens is 342 g/mol. The minimum Gasteiger partial charge on any atom is -0.503 e. The molecule has 0 spiro atoms. The van der Waals surface area contributed by atoms with Crippen LogP contribution in [-0.4, -0.2) is 23.9 Å². The van der Waals surface area contributed by atoms with Crippen LogP contribution in [0.4, 0.5) is 5.69 Å². The highest BCUT2D eigenvalue weighted by atomic mass is 16.5. The van der Waals surface area contributed by atoms with Crippen LogP contribution in [0.1, 0.15) is 36.1 Å². The van der Waals surface area contributed by atoms with Crippen LogP contribution in [0.5, 0.6) is 5.75 Å². The number of rotatable bonds is 5. The maximum atomic E-state index is 13.0. The summed E-state index contributed by atoms with van der Waals surface area (Å²) in [5, 5.41) is 10.6. The number of carbonyl (C=O) groups is 2. The highest BCUT2D eigenvalue weighted by molar-refractivity contribution is 6.16. The van der Waals surface area contributed by atoms with Gasteiger partial charge in [-0.15, -0.1) is 0 Å². The van der Waals surface area contributed by atoms with Gasteiger partial charge in [0.05, 0.1) is 18.7 Å². The number of ether oxygens (including phenoxy) is 1. The number of carbonyl (C=O) groups excluding carboxylic acids is 2. The van der Waals surface area contributed by atoms with Crippen LogP contribution < -0.4 is 9.64 Å². The number of Topliss-reactive ketones (excluding diaryl/α,β-unsaturated/α-hetero) is 1. The third-order valence-electron chi connectivity index (χ3n) is 4.75. The first kappa shape index (κ1) is 18.7. The van der Waals surface area contributed by atoms with Gasteiger partial charge < -0.3 is 9.84 Å². The molecule has 0 aromatic heterocycles. The van der Waals surface area contributed by atoms with Crippen molar-refractivity contribution in [2.24, 2.45) is 0 Å². The van der Waals surface area contributed by atoms with Crippen molar-refractivity contribution >= 4 is 17.4 Å². The van der Waals surface area contributed by atoms with E-state index >= 15 is 0 Å². The summed E-state index contributed by atoms with van der Waals surface area (Å²) in [4.78, 5) is 27.1. The Kier molecular flexibility index (Phi) is 5.04. The van der Waals surface area contributed by atoms with E-state index < -0.39 is 17.7 Å². The Bertz CT molecular complexity index is 925. The summed E-state index contributed by atoms with van der Waals surface area (Å²) in [6.45, 7) is 5.60. The molecule has 140 valence electrons. The molecule has 1 N–H and O–H groups in total. The maximum Gasteiger partial charge on any atom is 0.294 e. The number of amides is 1. The molecule has 0 saturated heterocycles. The van der Waals surface area contributed by atoms with Crippen molar-refractivity contribution in [1.29, 1.82) is 0 Å². The van der Waals surface area contributed by atoms with Gasteiger partial charge in [0.2, 0.25) is 0 Å². The number of ketones is 1. The number of para-hydroxylation sites is 1. The smallest absolute Gasteiger partial charge is 0.294 e. The second kappa shape index (κ2) is 7.27. The lowest BCUT2D eigenvalue weighted by molar-refractivity contribution is -0.118. The van der Waals surface area contributed by atoms with E-state index in [9.17, 15) is 14.7 Å². The van der Waals surface area contributed by atoms with E-state index in [1.807, 2.05) is 50.2 Å². The number of aliphatic hydroxyl groups is 1. The number of aryl methyl sites for hydroxylation is 2. The lowest BCUT2D eigenvalue weighted by Crippen LogP contribution is -2.31. The Hall–Kier alpha value is -3.08. The summed E-state index contributed by atoms with van der Waals surface area (Å²) in [6, 6.07) is 12.3. The Morgan fingerprint density at radius 1 is 1.15 bits per heavy atom. The van der Waals surface area contributed by atoms with E-state index in [-0.39, 0.29) is 17.8 Å². The van der Waals surface area contributed by atoms with Crippen LogP contribution in [0, 0.1) is 13.8 Å². The van der Waals surface area contributed by atoms with Crippen LogP contribution in [-0.2, 0) is 9.59 Å². The summed E-state index contributed by atoms with van der Waals surface area (Å²) in [7, 11) is 1.54. The molecule has 5 nitrogen and oxygen atoms in total. The number of anilines is 1. The lowest BCUT2D eigenvalue weighted by atomic mass is 9.94. The van der Waals surface area contributed by atoms with Gasteiger partial charge in [0.15, 0.2) is 11.5 Å². The zero-order valence-electron chi connectivity index (χ0n) is 15.9. The van der Waals surface area contributed by atoms with Crippen LogP contribution in [0.3, 0.4) is 0 Å². The Morgan fingerprint density at radius 3 is 2.37 bits per heavy atom. The van der Waals surface area contributed by atoms with Crippen LogP contribution in [0.25, 0.3) is 0 Å². The second-order valence-corrected chi connectivity index (χ2v) is 6.70. The first-order chi connectivity index (χ1) is 12.9. The lowest BCUT2D eigenvalue weighted by Gasteiger charge is -2.28. The fourth-order valence-electron chi connectivity index (χ4n) is 3.62. The van der Waals surface area contributed by atoms with E-state index in [2.05, 4.69) is 0 Å². The van der Waals surface area contributed by atoms with Gasteiger partial charge in [0, 0.05) is 17.7 Å². The van der Waals surface area contributed by atoms with Gasteiger partial charge in [0.25, 0.3) is 5.91 Å². The topological polar surface area (TPSA) is 66.8 Å². The maximum absolute atomic E-state index is 13.0. The van der Waals surface area contributed by atoms with Crippen LogP contribution >= 0.6 is 0 Å². The largest absolute Gasteiger partial charge is 0.503 e. The standard InChI is InChI=1S/C22H23NO4/c1-5-17(24)19-20(16-8-6-7-9-18(16)27-4)23(22(26)21(19)25)15-11-13(2)10-14(3)12-15/h6-12,20,25H,5H2,1-4H3.